The molecule has 0 fully saturated rings. The number of hydrogen-bond donors (Lipinski definition) is 0. The molecule has 0 aliphatic carbocycles. The zero-order chi connectivity index (χ0) is 19.9. The van der Waals surface area contributed by atoms with E-state index in [1.54, 1.807) is 36.4 Å². The molecule has 3 aromatic carbocycles. The van der Waals surface area contributed by atoms with Gasteiger partial charge in [0.25, 0.3) is 0 Å². The highest BCUT2D eigenvalue weighted by atomic mass is 19.1. The predicted octanol–water partition coefficient (Wildman–Crippen LogP) is 4.68. The molecule has 0 bridgehead atoms. The van der Waals surface area contributed by atoms with Gasteiger partial charge in [-0.2, -0.15) is 0 Å². The van der Waals surface area contributed by atoms with E-state index >= 15 is 0 Å². The van der Waals surface area contributed by atoms with Crippen molar-refractivity contribution in [2.75, 3.05) is 0 Å². The van der Waals surface area contributed by atoms with E-state index in [1.165, 1.54) is 36.4 Å². The minimum absolute atomic E-state index is 0.0672. The molecule has 0 amide bonds. The van der Waals surface area contributed by atoms with E-state index in [0.29, 0.717) is 11.1 Å². The van der Waals surface area contributed by atoms with Gasteiger partial charge in [-0.3, -0.25) is 0 Å². The summed E-state index contributed by atoms with van der Waals surface area (Å²) in [5.74, 6) is -2.84. The van der Waals surface area contributed by atoms with Crippen LogP contribution in [0.2, 0.25) is 0 Å². The molecule has 0 aliphatic heterocycles. The smallest absolute Gasteiger partial charge is 0.341 e. The minimum Gasteiger partial charge on any atom is -0.457 e. The van der Waals surface area contributed by atoms with Crippen LogP contribution in [0, 0.1) is 11.6 Å². The average molecular weight is 382 g/mol. The Kier molecular flexibility index (Phi) is 6.11. The van der Waals surface area contributed by atoms with Gasteiger partial charge in [-0.1, -0.05) is 42.5 Å². The lowest BCUT2D eigenvalue weighted by atomic mass is 10.1. The number of halogens is 2. The third kappa shape index (κ3) is 4.79. The highest BCUT2D eigenvalue weighted by Gasteiger charge is 2.14. The van der Waals surface area contributed by atoms with Gasteiger partial charge in [-0.05, 0) is 41.5 Å². The molecule has 3 rings (SSSR count). The van der Waals surface area contributed by atoms with Crippen LogP contribution in [0.15, 0.2) is 72.8 Å². The van der Waals surface area contributed by atoms with Gasteiger partial charge in [0.1, 0.15) is 24.8 Å². The summed E-state index contributed by atoms with van der Waals surface area (Å²) < 4.78 is 37.4. The van der Waals surface area contributed by atoms with Gasteiger partial charge >= 0.3 is 11.9 Å². The zero-order valence-corrected chi connectivity index (χ0v) is 14.7. The Labute approximate surface area is 160 Å². The normalized spacial score (nSPS) is 10.4. The standard InChI is InChI=1S/C22H16F2O4/c23-19-10-3-1-8-17(19)21(25)27-13-15-6-5-7-16(12-15)14-28-22(26)18-9-2-4-11-20(18)24/h1-12H,13-14H2. The quantitative estimate of drug-likeness (QED) is 0.581. The first-order valence-corrected chi connectivity index (χ1v) is 8.45. The van der Waals surface area contributed by atoms with Crippen LogP contribution < -0.4 is 0 Å². The third-order valence-electron chi connectivity index (χ3n) is 3.92. The SMILES string of the molecule is O=C(OCc1cccc(COC(=O)c2ccccc2F)c1)c1ccccc1F. The van der Waals surface area contributed by atoms with Gasteiger partial charge in [0.15, 0.2) is 0 Å². The Morgan fingerprint density at radius 1 is 0.643 bits per heavy atom. The second kappa shape index (κ2) is 8.90. The highest BCUT2D eigenvalue weighted by Crippen LogP contribution is 2.14. The van der Waals surface area contributed by atoms with Crippen molar-refractivity contribution in [1.29, 1.82) is 0 Å². The molecular formula is C22H16F2O4. The van der Waals surface area contributed by atoms with Crippen LogP contribution in [0.1, 0.15) is 31.8 Å². The van der Waals surface area contributed by atoms with E-state index in [1.807, 2.05) is 0 Å². The summed E-state index contributed by atoms with van der Waals surface area (Å²) in [5.41, 5.74) is 1.00. The van der Waals surface area contributed by atoms with Gasteiger partial charge in [-0.25, -0.2) is 18.4 Å². The average Bonchev–Trinajstić information content (AvgIpc) is 2.71. The third-order valence-corrected chi connectivity index (χ3v) is 3.92. The second-order valence-corrected chi connectivity index (χ2v) is 5.93. The monoisotopic (exact) mass is 382 g/mol. The minimum atomic E-state index is -0.769. The van der Waals surface area contributed by atoms with E-state index in [2.05, 4.69) is 0 Å². The van der Waals surface area contributed by atoms with Crippen molar-refractivity contribution >= 4 is 11.9 Å². The van der Waals surface area contributed by atoms with Crippen molar-refractivity contribution in [3.63, 3.8) is 0 Å². The fraction of sp³-hybridized carbons (Fsp3) is 0.0909. The maximum atomic E-state index is 13.6. The maximum Gasteiger partial charge on any atom is 0.341 e. The molecule has 28 heavy (non-hydrogen) atoms. The summed E-state index contributed by atoms with van der Waals surface area (Å²) in [6.07, 6.45) is 0. The van der Waals surface area contributed by atoms with E-state index < -0.39 is 23.6 Å². The lowest BCUT2D eigenvalue weighted by Crippen LogP contribution is -2.09. The van der Waals surface area contributed by atoms with Gasteiger partial charge in [0, 0.05) is 0 Å². The number of carbonyl (C=O) groups excluding carboxylic acids is 2. The summed E-state index contributed by atoms with van der Waals surface area (Å²) in [6, 6.07) is 17.9. The van der Waals surface area contributed by atoms with Crippen molar-refractivity contribution in [3.05, 3.63) is 107 Å². The van der Waals surface area contributed by atoms with Gasteiger partial charge in [0.05, 0.1) is 11.1 Å². The van der Waals surface area contributed by atoms with Crippen LogP contribution >= 0.6 is 0 Å². The van der Waals surface area contributed by atoms with E-state index in [9.17, 15) is 18.4 Å². The molecule has 0 saturated heterocycles. The summed E-state index contributed by atoms with van der Waals surface area (Å²) in [4.78, 5) is 23.9. The summed E-state index contributed by atoms with van der Waals surface area (Å²) in [7, 11) is 0. The topological polar surface area (TPSA) is 52.6 Å². The van der Waals surface area contributed by atoms with E-state index in [0.717, 1.165) is 0 Å². The zero-order valence-electron chi connectivity index (χ0n) is 14.7. The molecule has 0 aromatic heterocycles. The molecule has 0 heterocycles. The fourth-order valence-electron chi connectivity index (χ4n) is 2.52. The van der Waals surface area contributed by atoms with E-state index in [-0.39, 0.29) is 24.3 Å². The first-order chi connectivity index (χ1) is 13.5. The first-order valence-electron chi connectivity index (χ1n) is 8.45. The molecule has 142 valence electrons. The number of ether oxygens (including phenoxy) is 2. The van der Waals surface area contributed by atoms with Crippen molar-refractivity contribution in [2.45, 2.75) is 13.2 Å². The lowest BCUT2D eigenvalue weighted by molar-refractivity contribution is 0.0465. The fourth-order valence-corrected chi connectivity index (χ4v) is 2.52. The molecule has 0 aliphatic rings. The lowest BCUT2D eigenvalue weighted by Gasteiger charge is -2.09. The molecule has 0 radical (unpaired) electrons. The molecule has 0 unspecified atom stereocenters. The first kappa shape index (κ1) is 19.2. The van der Waals surface area contributed by atoms with Crippen LogP contribution in [-0.4, -0.2) is 11.9 Å². The molecule has 0 saturated carbocycles. The molecule has 3 aromatic rings. The Morgan fingerprint density at radius 3 is 1.50 bits per heavy atom. The molecule has 4 nitrogen and oxygen atoms in total. The van der Waals surface area contributed by atoms with Crippen molar-refractivity contribution in [2.24, 2.45) is 0 Å². The predicted molar refractivity (Wildman–Crippen MR) is 97.5 cm³/mol. The Bertz CT molecular complexity index is 924. The largest absolute Gasteiger partial charge is 0.457 e. The van der Waals surface area contributed by atoms with Crippen LogP contribution in [-0.2, 0) is 22.7 Å². The number of esters is 2. The number of benzene rings is 3. The highest BCUT2D eigenvalue weighted by molar-refractivity contribution is 5.90. The molecule has 0 spiro atoms. The van der Waals surface area contributed by atoms with Crippen molar-refractivity contribution in [1.82, 2.24) is 0 Å². The van der Waals surface area contributed by atoms with Crippen LogP contribution in [0.3, 0.4) is 0 Å². The van der Waals surface area contributed by atoms with Gasteiger partial charge in [0.2, 0.25) is 0 Å². The number of rotatable bonds is 6. The second-order valence-electron chi connectivity index (χ2n) is 5.93. The molecule has 6 heteroatoms. The maximum absolute atomic E-state index is 13.6. The summed E-state index contributed by atoms with van der Waals surface area (Å²) >= 11 is 0. The van der Waals surface area contributed by atoms with Gasteiger partial charge in [-0.15, -0.1) is 0 Å². The molecule has 0 N–H and O–H groups in total. The van der Waals surface area contributed by atoms with Gasteiger partial charge < -0.3 is 9.47 Å². The Hall–Kier alpha value is -3.54. The van der Waals surface area contributed by atoms with E-state index in [4.69, 9.17) is 9.47 Å². The summed E-state index contributed by atoms with van der Waals surface area (Å²) in [6.45, 7) is -0.134. The van der Waals surface area contributed by atoms with Crippen LogP contribution in [0.4, 0.5) is 8.78 Å². The van der Waals surface area contributed by atoms with Crippen LogP contribution in [0.25, 0.3) is 0 Å². The van der Waals surface area contributed by atoms with Crippen molar-refractivity contribution in [3.8, 4) is 0 Å². The number of carbonyl (C=O) groups is 2. The summed E-state index contributed by atoms with van der Waals surface area (Å²) in [5, 5.41) is 0. The molecule has 0 atom stereocenters. The van der Waals surface area contributed by atoms with Crippen LogP contribution in [0.5, 0.6) is 0 Å². The van der Waals surface area contributed by atoms with Crippen molar-refractivity contribution < 1.29 is 27.8 Å². The number of hydrogen-bond acceptors (Lipinski definition) is 4. The molecular weight excluding hydrogens is 366 g/mol. The Morgan fingerprint density at radius 2 is 1.07 bits per heavy atom. The Balaban J connectivity index is 1.58.